The van der Waals surface area contributed by atoms with Crippen LogP contribution in [-0.2, 0) is 6.54 Å². The summed E-state index contributed by atoms with van der Waals surface area (Å²) in [5.41, 5.74) is 0.987. The van der Waals surface area contributed by atoms with E-state index in [2.05, 4.69) is 17.1 Å². The summed E-state index contributed by atoms with van der Waals surface area (Å²) in [6.07, 6.45) is 0. The summed E-state index contributed by atoms with van der Waals surface area (Å²) in [5, 5.41) is 8.33. The number of hydrogen-bond acceptors (Lipinski definition) is 3. The van der Waals surface area contributed by atoms with Crippen molar-refractivity contribution in [2.24, 2.45) is 0 Å². The minimum absolute atomic E-state index is 0.623. The first-order valence-electron chi connectivity index (χ1n) is 7.40. The lowest BCUT2D eigenvalue weighted by Crippen LogP contribution is -3.27. The molecule has 0 bridgehead atoms. The first kappa shape index (κ1) is 13.3. The summed E-state index contributed by atoms with van der Waals surface area (Å²) < 4.78 is 5.78. The lowest BCUT2D eigenvalue weighted by molar-refractivity contribution is -1.02. The van der Waals surface area contributed by atoms with Gasteiger partial charge in [0.15, 0.2) is 6.54 Å². The van der Waals surface area contributed by atoms with E-state index in [9.17, 15) is 0 Å². The van der Waals surface area contributed by atoms with Crippen LogP contribution in [0.3, 0.4) is 0 Å². The Morgan fingerprint density at radius 2 is 1.70 bits per heavy atom. The summed E-state index contributed by atoms with van der Waals surface area (Å²) >= 11 is 0. The second-order valence-electron chi connectivity index (χ2n) is 5.40. The van der Waals surface area contributed by atoms with Gasteiger partial charge in [-0.2, -0.15) is 0 Å². The van der Waals surface area contributed by atoms with Crippen LogP contribution in [0.25, 0.3) is 11.5 Å². The van der Waals surface area contributed by atoms with E-state index in [1.54, 1.807) is 9.80 Å². The van der Waals surface area contributed by atoms with Gasteiger partial charge in [0, 0.05) is 5.56 Å². The van der Waals surface area contributed by atoms with Crippen molar-refractivity contribution in [1.82, 2.24) is 10.2 Å². The molecule has 106 valence electrons. The van der Waals surface area contributed by atoms with Crippen LogP contribution in [-0.4, -0.2) is 42.9 Å². The third-order valence-corrected chi connectivity index (χ3v) is 4.05. The van der Waals surface area contributed by atoms with Gasteiger partial charge >= 0.3 is 0 Å². The van der Waals surface area contributed by atoms with Gasteiger partial charge < -0.3 is 14.2 Å². The number of aromatic nitrogens is 2. The first-order chi connectivity index (χ1) is 9.85. The molecule has 1 saturated heterocycles. The summed E-state index contributed by atoms with van der Waals surface area (Å²) in [7, 11) is 0. The second-order valence-corrected chi connectivity index (χ2v) is 5.40. The van der Waals surface area contributed by atoms with Crippen LogP contribution < -0.4 is 9.80 Å². The lowest BCUT2D eigenvalue weighted by atomic mass is 10.2. The Labute approximate surface area is 119 Å². The highest BCUT2D eigenvalue weighted by Crippen LogP contribution is 2.16. The third-order valence-electron chi connectivity index (χ3n) is 4.05. The van der Waals surface area contributed by atoms with Crippen LogP contribution in [0.4, 0.5) is 0 Å². The third kappa shape index (κ3) is 3.05. The van der Waals surface area contributed by atoms with Crippen molar-refractivity contribution in [3.05, 3.63) is 36.2 Å². The Morgan fingerprint density at radius 3 is 2.40 bits per heavy atom. The summed E-state index contributed by atoms with van der Waals surface area (Å²) in [4.78, 5) is 3.25. The van der Waals surface area contributed by atoms with Gasteiger partial charge in [-0.25, -0.2) is 0 Å². The Bertz CT molecular complexity index is 532. The number of rotatable bonds is 4. The van der Waals surface area contributed by atoms with E-state index in [-0.39, 0.29) is 0 Å². The molecule has 1 fully saturated rings. The van der Waals surface area contributed by atoms with Gasteiger partial charge in [0.25, 0.3) is 5.89 Å². The standard InChI is InChI=1S/C15H20N4O/c1-2-18-8-10-19(11-9-18)12-14-16-17-15(20-14)13-6-4-3-5-7-13/h3-7H,2,8-12H2,1H3/p+2. The Hall–Kier alpha value is -1.72. The maximum atomic E-state index is 5.78. The van der Waals surface area contributed by atoms with Crippen LogP contribution in [0.5, 0.6) is 0 Å². The number of hydrogen-bond donors (Lipinski definition) is 2. The molecule has 2 heterocycles. The van der Waals surface area contributed by atoms with Crippen LogP contribution in [0.1, 0.15) is 12.8 Å². The molecule has 1 aromatic carbocycles. The van der Waals surface area contributed by atoms with Gasteiger partial charge in [0.05, 0.1) is 6.54 Å². The normalized spacial score (nSPS) is 22.9. The number of piperazine rings is 1. The molecule has 0 radical (unpaired) electrons. The largest absolute Gasteiger partial charge is 0.415 e. The van der Waals surface area contributed by atoms with E-state index >= 15 is 0 Å². The first-order valence-corrected chi connectivity index (χ1v) is 7.40. The van der Waals surface area contributed by atoms with Gasteiger partial charge in [-0.15, -0.1) is 10.2 Å². The van der Waals surface area contributed by atoms with Crippen molar-refractivity contribution in [3.8, 4) is 11.5 Å². The second kappa shape index (κ2) is 6.15. The monoisotopic (exact) mass is 274 g/mol. The molecular weight excluding hydrogens is 252 g/mol. The fraction of sp³-hybridized carbons (Fsp3) is 0.467. The Morgan fingerprint density at radius 1 is 1.00 bits per heavy atom. The zero-order chi connectivity index (χ0) is 13.8. The molecule has 0 amide bonds. The van der Waals surface area contributed by atoms with Crippen molar-refractivity contribution in [1.29, 1.82) is 0 Å². The quantitative estimate of drug-likeness (QED) is 0.755. The predicted molar refractivity (Wildman–Crippen MR) is 75.4 cm³/mol. The average Bonchev–Trinajstić information content (AvgIpc) is 2.97. The van der Waals surface area contributed by atoms with Crippen LogP contribution in [0.2, 0.25) is 0 Å². The predicted octanol–water partition coefficient (Wildman–Crippen LogP) is -0.960. The van der Waals surface area contributed by atoms with Gasteiger partial charge in [-0.1, -0.05) is 18.2 Å². The Balaban J connectivity index is 1.61. The smallest absolute Gasteiger partial charge is 0.271 e. The molecule has 2 aromatic rings. The molecule has 5 nitrogen and oxygen atoms in total. The van der Waals surface area contributed by atoms with E-state index < -0.39 is 0 Å². The maximum Gasteiger partial charge on any atom is 0.271 e. The molecule has 0 saturated carbocycles. The Kier molecular flexibility index (Phi) is 4.08. The lowest BCUT2D eigenvalue weighted by Gasteiger charge is -2.27. The highest BCUT2D eigenvalue weighted by molar-refractivity contribution is 5.51. The summed E-state index contributed by atoms with van der Waals surface area (Å²) in [5.74, 6) is 1.37. The van der Waals surface area contributed by atoms with E-state index in [0.717, 1.165) is 18.0 Å². The van der Waals surface area contributed by atoms with Crippen molar-refractivity contribution in [2.75, 3.05) is 32.7 Å². The maximum absolute atomic E-state index is 5.78. The summed E-state index contributed by atoms with van der Waals surface area (Å²) in [6.45, 7) is 9.18. The molecule has 2 N–H and O–H groups in total. The molecule has 0 spiro atoms. The molecule has 0 aliphatic carbocycles. The van der Waals surface area contributed by atoms with Gasteiger partial charge in [0.1, 0.15) is 26.2 Å². The van der Waals surface area contributed by atoms with E-state index in [1.807, 2.05) is 30.3 Å². The van der Waals surface area contributed by atoms with E-state index in [1.165, 1.54) is 32.7 Å². The van der Waals surface area contributed by atoms with Crippen molar-refractivity contribution in [2.45, 2.75) is 13.5 Å². The molecule has 5 heteroatoms. The molecule has 0 atom stereocenters. The highest BCUT2D eigenvalue weighted by Gasteiger charge is 2.23. The van der Waals surface area contributed by atoms with Crippen molar-refractivity contribution in [3.63, 3.8) is 0 Å². The minimum Gasteiger partial charge on any atom is -0.415 e. The van der Waals surface area contributed by atoms with Crippen LogP contribution >= 0.6 is 0 Å². The molecule has 0 unspecified atom stereocenters. The molecule has 1 aromatic heterocycles. The van der Waals surface area contributed by atoms with Gasteiger partial charge in [-0.3, -0.25) is 0 Å². The number of benzene rings is 1. The van der Waals surface area contributed by atoms with E-state index in [4.69, 9.17) is 4.42 Å². The average molecular weight is 274 g/mol. The topological polar surface area (TPSA) is 47.8 Å². The molecule has 20 heavy (non-hydrogen) atoms. The molecule has 1 aliphatic rings. The number of likely N-dealkylation sites (N-methyl/N-ethyl adjacent to an activating group) is 1. The van der Waals surface area contributed by atoms with E-state index in [0.29, 0.717) is 5.89 Å². The fourth-order valence-electron chi connectivity index (χ4n) is 2.72. The van der Waals surface area contributed by atoms with Crippen molar-refractivity contribution >= 4 is 0 Å². The number of nitrogens with one attached hydrogen (secondary N) is 2. The molecule has 3 rings (SSSR count). The SMILES string of the molecule is CC[NH+]1CC[NH+](Cc2nnc(-c3ccccc3)o2)CC1. The van der Waals surface area contributed by atoms with Gasteiger partial charge in [-0.05, 0) is 19.1 Å². The fourth-order valence-corrected chi connectivity index (χ4v) is 2.72. The van der Waals surface area contributed by atoms with Crippen molar-refractivity contribution < 1.29 is 14.2 Å². The zero-order valence-corrected chi connectivity index (χ0v) is 11.9. The molecular formula is C15H22N4O+2. The number of quaternary nitrogens is 2. The van der Waals surface area contributed by atoms with Crippen LogP contribution in [0, 0.1) is 0 Å². The highest BCUT2D eigenvalue weighted by atomic mass is 16.4. The number of nitrogens with zero attached hydrogens (tertiary/aromatic N) is 2. The van der Waals surface area contributed by atoms with Gasteiger partial charge in [0.2, 0.25) is 5.89 Å². The van der Waals surface area contributed by atoms with Crippen LogP contribution in [0.15, 0.2) is 34.7 Å². The zero-order valence-electron chi connectivity index (χ0n) is 11.9. The summed E-state index contributed by atoms with van der Waals surface area (Å²) in [6, 6.07) is 9.94. The minimum atomic E-state index is 0.623. The molecule has 1 aliphatic heterocycles.